The van der Waals surface area contributed by atoms with E-state index in [4.69, 9.17) is 14.9 Å². The number of fused-ring (bicyclic) bond motifs is 5. The van der Waals surface area contributed by atoms with E-state index in [0.717, 1.165) is 36.8 Å². The summed E-state index contributed by atoms with van der Waals surface area (Å²) in [5.74, 6) is -0.909. The Balaban J connectivity index is 0.000000791. The van der Waals surface area contributed by atoms with Crippen LogP contribution in [0.25, 0.3) is 0 Å². The van der Waals surface area contributed by atoms with Crippen LogP contribution in [0.2, 0.25) is 0 Å². The minimum atomic E-state index is -0.953. The summed E-state index contributed by atoms with van der Waals surface area (Å²) in [6.07, 6.45) is 6.22. The van der Waals surface area contributed by atoms with Gasteiger partial charge in [0.25, 0.3) is 0 Å². The maximum atomic E-state index is 12.6. The van der Waals surface area contributed by atoms with E-state index in [1.54, 1.807) is 0 Å². The van der Waals surface area contributed by atoms with Gasteiger partial charge in [-0.05, 0) is 111 Å². The number of carboxylic acid groups (broad SMARTS) is 1. The van der Waals surface area contributed by atoms with E-state index in [1.165, 1.54) is 6.92 Å². The number of aliphatic carboxylic acids is 1. The zero-order chi connectivity index (χ0) is 33.0. The van der Waals surface area contributed by atoms with Crippen LogP contribution < -0.4 is 0 Å². The van der Waals surface area contributed by atoms with Gasteiger partial charge in [0.05, 0.1) is 38.6 Å². The van der Waals surface area contributed by atoms with Gasteiger partial charge in [-0.15, -0.1) is 0 Å². The van der Waals surface area contributed by atoms with Crippen LogP contribution in [0.5, 0.6) is 0 Å². The molecule has 0 spiro atoms. The Kier molecular flexibility index (Phi) is 13.9. The molecule has 1 unspecified atom stereocenters. The molecule has 7 N–H and O–H groups in total. The van der Waals surface area contributed by atoms with Crippen molar-refractivity contribution in [1.29, 1.82) is 0 Å². The van der Waals surface area contributed by atoms with Gasteiger partial charge in [0.2, 0.25) is 0 Å². The normalized spacial score (nSPS) is 39.5. The van der Waals surface area contributed by atoms with Crippen molar-refractivity contribution in [2.24, 2.45) is 39.9 Å². The number of carboxylic acids is 1. The Morgan fingerprint density at radius 1 is 0.956 bits per heavy atom. The van der Waals surface area contributed by atoms with Gasteiger partial charge < -0.3 is 40.5 Å². The van der Waals surface area contributed by atoms with E-state index in [2.05, 4.69) is 32.4 Å². The molecule has 4 saturated carbocycles. The number of aliphatic hydroxyl groups excluding tert-OH is 4. The second kappa shape index (κ2) is 15.8. The van der Waals surface area contributed by atoms with Crippen LogP contribution in [0, 0.1) is 39.9 Å². The lowest BCUT2D eigenvalue weighted by Crippen LogP contribution is -2.65. The zero-order valence-electron chi connectivity index (χ0n) is 28.5. The maximum Gasteiger partial charge on any atom is 0.331 e. The fourth-order valence-corrected chi connectivity index (χ4v) is 10.0. The summed E-state index contributed by atoms with van der Waals surface area (Å²) in [6, 6.07) is 0. The molecular formula is C35H60O10. The first-order chi connectivity index (χ1) is 20.6. The molecule has 4 rings (SSSR count). The first kappa shape index (κ1) is 39.4. The Morgan fingerprint density at radius 2 is 1.58 bits per heavy atom. The van der Waals surface area contributed by atoms with E-state index >= 15 is 0 Å². The van der Waals surface area contributed by atoms with Crippen LogP contribution in [0.4, 0.5) is 0 Å². The number of ether oxygens (including phenoxy) is 2. The van der Waals surface area contributed by atoms with Crippen molar-refractivity contribution in [2.75, 3.05) is 26.4 Å². The largest absolute Gasteiger partial charge is 0.478 e. The molecule has 4 aliphatic carbocycles. The summed E-state index contributed by atoms with van der Waals surface area (Å²) in [4.78, 5) is 24.8. The Bertz CT molecular complexity index is 1080. The number of allylic oxidation sites excluding steroid dienone is 2. The third-order valence-electron chi connectivity index (χ3n) is 12.0. The van der Waals surface area contributed by atoms with Crippen LogP contribution in [0.3, 0.4) is 0 Å². The third kappa shape index (κ3) is 7.68. The van der Waals surface area contributed by atoms with Crippen molar-refractivity contribution in [3.63, 3.8) is 0 Å². The van der Waals surface area contributed by atoms with Crippen molar-refractivity contribution in [3.05, 3.63) is 22.8 Å². The number of carbonyl (C=O) groups excluding carboxylic acids is 1. The number of hydrogen-bond acceptors (Lipinski definition) is 8. The average molecular weight is 641 g/mol. The highest BCUT2D eigenvalue weighted by Crippen LogP contribution is 2.74. The summed E-state index contributed by atoms with van der Waals surface area (Å²) in [7, 11) is 0. The van der Waals surface area contributed by atoms with Crippen molar-refractivity contribution >= 4 is 11.9 Å². The van der Waals surface area contributed by atoms with E-state index < -0.39 is 24.1 Å². The molecule has 0 aliphatic heterocycles. The summed E-state index contributed by atoms with van der Waals surface area (Å²) in [5.41, 5.74) is 1.57. The quantitative estimate of drug-likeness (QED) is 0.108. The van der Waals surface area contributed by atoms with Crippen LogP contribution in [0.15, 0.2) is 22.8 Å². The molecule has 10 nitrogen and oxygen atoms in total. The molecule has 10 heteroatoms. The predicted molar refractivity (Wildman–Crippen MR) is 171 cm³/mol. The molecule has 0 saturated heterocycles. The van der Waals surface area contributed by atoms with E-state index in [0.29, 0.717) is 50.4 Å². The van der Waals surface area contributed by atoms with Gasteiger partial charge in [0.15, 0.2) is 0 Å². The van der Waals surface area contributed by atoms with Crippen molar-refractivity contribution < 1.29 is 50.1 Å². The molecule has 0 aromatic heterocycles. The molecule has 0 heterocycles. The number of carbonyl (C=O) groups is 2. The predicted octanol–water partition coefficient (Wildman–Crippen LogP) is 3.83. The van der Waals surface area contributed by atoms with Gasteiger partial charge in [-0.3, -0.25) is 4.79 Å². The van der Waals surface area contributed by atoms with Gasteiger partial charge in [-0.25, -0.2) is 4.79 Å². The van der Waals surface area contributed by atoms with Gasteiger partial charge in [0, 0.05) is 12.5 Å². The van der Waals surface area contributed by atoms with E-state index in [-0.39, 0.29) is 58.8 Å². The highest BCUT2D eigenvalue weighted by Gasteiger charge is 2.70. The molecule has 260 valence electrons. The van der Waals surface area contributed by atoms with Gasteiger partial charge >= 0.3 is 11.9 Å². The van der Waals surface area contributed by atoms with E-state index in [9.17, 15) is 24.9 Å². The van der Waals surface area contributed by atoms with Gasteiger partial charge in [-0.1, -0.05) is 39.3 Å². The second-order valence-corrected chi connectivity index (χ2v) is 14.7. The SMILES string of the molecule is CC(=O)O[C@H]1C[C@@]2(C)[C@H](C[C@@H](O)[C@@H]3[C@@]4(C)CC[C@@H](O)[C@@H](C)C4CC[C@@]32C)C1=C(CCC=C(C)C)C(=O)O.O.OCCOCCO. The Morgan fingerprint density at radius 3 is 2.11 bits per heavy atom. The Hall–Kier alpha value is -1.82. The standard InChI is InChI=1S/C31H48O6.C4H10O3.H2O/c1-17(2)9-8-10-20(28(35)36)26-22-15-24(34)27-29(5)13-12-23(33)18(3)21(29)11-14-30(27,6)31(22,7)16-25(26)37-19(4)32;5-1-3-7-4-2-6;/h9,18,21-25,27,33-34H,8,10-16H2,1-7H3,(H,35,36);5-6H,1-4H2;1H2/t18-,21?,22+,23+,24+,25-,27+,29-,30-,31-;;/m0../s1. The van der Waals surface area contributed by atoms with Crippen LogP contribution in [0.1, 0.15) is 99.8 Å². The fourth-order valence-electron chi connectivity index (χ4n) is 10.0. The smallest absolute Gasteiger partial charge is 0.331 e. The number of hydrogen-bond donors (Lipinski definition) is 5. The second-order valence-electron chi connectivity index (χ2n) is 14.7. The lowest BCUT2D eigenvalue weighted by molar-refractivity contribution is -0.234. The van der Waals surface area contributed by atoms with Crippen LogP contribution >= 0.6 is 0 Å². The topological polar surface area (TPSA) is 185 Å². The maximum absolute atomic E-state index is 12.6. The number of esters is 1. The molecule has 4 fully saturated rings. The molecule has 0 amide bonds. The summed E-state index contributed by atoms with van der Waals surface area (Å²) in [6.45, 7) is 15.2. The van der Waals surface area contributed by atoms with Crippen molar-refractivity contribution in [3.8, 4) is 0 Å². The molecule has 0 radical (unpaired) electrons. The molecule has 10 atom stereocenters. The molecule has 4 aliphatic rings. The highest BCUT2D eigenvalue weighted by atomic mass is 16.5. The van der Waals surface area contributed by atoms with Gasteiger partial charge in [-0.2, -0.15) is 0 Å². The first-order valence-corrected chi connectivity index (χ1v) is 16.5. The monoisotopic (exact) mass is 640 g/mol. The van der Waals surface area contributed by atoms with Gasteiger partial charge in [0.1, 0.15) is 6.10 Å². The number of rotatable bonds is 9. The van der Waals surface area contributed by atoms with E-state index in [1.807, 2.05) is 19.9 Å². The minimum absolute atomic E-state index is 0. The average Bonchev–Trinajstić information content (AvgIpc) is 3.20. The molecule has 45 heavy (non-hydrogen) atoms. The lowest BCUT2D eigenvalue weighted by atomic mass is 9.36. The highest BCUT2D eigenvalue weighted by molar-refractivity contribution is 5.88. The van der Waals surface area contributed by atoms with Crippen LogP contribution in [-0.2, 0) is 19.1 Å². The molecule has 0 bridgehead atoms. The molecule has 0 aromatic rings. The number of aliphatic hydroxyl groups is 4. The summed E-state index contributed by atoms with van der Waals surface area (Å²) < 4.78 is 10.5. The minimum Gasteiger partial charge on any atom is -0.478 e. The third-order valence-corrected chi connectivity index (χ3v) is 12.0. The van der Waals surface area contributed by atoms with Crippen molar-refractivity contribution in [2.45, 2.75) is 118 Å². The summed E-state index contributed by atoms with van der Waals surface area (Å²) in [5, 5.41) is 49.0. The molecule has 0 aromatic carbocycles. The Labute approximate surface area is 269 Å². The fraction of sp³-hybridized carbons (Fsp3) is 0.829. The molecular weight excluding hydrogens is 580 g/mol. The lowest BCUT2D eigenvalue weighted by Gasteiger charge is -2.69. The van der Waals surface area contributed by atoms with Crippen molar-refractivity contribution in [1.82, 2.24) is 0 Å². The zero-order valence-corrected chi connectivity index (χ0v) is 28.5. The first-order valence-electron chi connectivity index (χ1n) is 16.5. The van der Waals surface area contributed by atoms with Crippen LogP contribution in [-0.4, -0.2) is 87.7 Å². The summed E-state index contributed by atoms with van der Waals surface area (Å²) >= 11 is 0.